The van der Waals surface area contributed by atoms with Crippen LogP contribution in [0.4, 0.5) is 13.2 Å². The number of hydrogen-bond donors (Lipinski definition) is 1. The minimum absolute atomic E-state index is 0.256. The second kappa shape index (κ2) is 4.64. The lowest BCUT2D eigenvalue weighted by Crippen LogP contribution is -2.08. The van der Waals surface area contributed by atoms with Crippen LogP contribution >= 0.6 is 0 Å². The van der Waals surface area contributed by atoms with Crippen molar-refractivity contribution >= 4 is 15.4 Å². The molecule has 1 heterocycles. The number of rotatable bonds is 3. The molecule has 0 amide bonds. The highest BCUT2D eigenvalue weighted by Crippen LogP contribution is 2.39. The molecule has 0 bridgehead atoms. The van der Waals surface area contributed by atoms with Gasteiger partial charge in [0.1, 0.15) is 0 Å². The summed E-state index contributed by atoms with van der Waals surface area (Å²) >= 11 is 0. The molecule has 3 nitrogen and oxygen atoms in total. The molecular formula is C12H12F3NO2S. The fourth-order valence-corrected chi connectivity index (χ4v) is 3.51. The number of nitrogens with one attached hydrogen (secondary N) is 1. The molecule has 104 valence electrons. The van der Waals surface area contributed by atoms with Crippen molar-refractivity contribution in [2.75, 3.05) is 13.6 Å². The van der Waals surface area contributed by atoms with Crippen LogP contribution in [0.25, 0.3) is 5.57 Å². The van der Waals surface area contributed by atoms with Gasteiger partial charge in [0, 0.05) is 5.41 Å². The number of alkyl halides is 3. The highest BCUT2D eigenvalue weighted by Gasteiger charge is 2.34. The summed E-state index contributed by atoms with van der Waals surface area (Å²) in [6.45, 7) is 0.557. The highest BCUT2D eigenvalue weighted by molar-refractivity contribution is 7.95. The van der Waals surface area contributed by atoms with Crippen molar-refractivity contribution in [1.29, 1.82) is 0 Å². The molecule has 0 radical (unpaired) electrons. The summed E-state index contributed by atoms with van der Waals surface area (Å²) in [6.07, 6.45) is -4.09. The summed E-state index contributed by atoms with van der Waals surface area (Å²) in [7, 11) is -2.04. The Morgan fingerprint density at radius 2 is 1.95 bits per heavy atom. The van der Waals surface area contributed by atoms with Crippen LogP contribution in [0.15, 0.2) is 28.5 Å². The molecule has 1 aliphatic rings. The first kappa shape index (κ1) is 14.1. The number of sulfone groups is 1. The first-order valence-electron chi connectivity index (χ1n) is 5.57. The van der Waals surface area contributed by atoms with Gasteiger partial charge in [0.2, 0.25) is 9.84 Å². The molecule has 2 rings (SSSR count). The minimum atomic E-state index is -4.54. The lowest BCUT2D eigenvalue weighted by atomic mass is 10.0. The Morgan fingerprint density at radius 3 is 2.53 bits per heavy atom. The number of hydrogen-bond acceptors (Lipinski definition) is 3. The predicted octanol–water partition coefficient (Wildman–Crippen LogP) is 2.44. The van der Waals surface area contributed by atoms with Crippen LogP contribution < -0.4 is 5.32 Å². The fourth-order valence-electron chi connectivity index (χ4n) is 1.97. The number of benzene rings is 1. The second-order valence-electron chi connectivity index (χ2n) is 4.25. The van der Waals surface area contributed by atoms with E-state index in [1.165, 1.54) is 6.07 Å². The zero-order valence-electron chi connectivity index (χ0n) is 10.1. The fraction of sp³-hybridized carbons (Fsp3) is 0.333. The Bertz CT molecular complexity index is 633. The molecular weight excluding hydrogens is 279 g/mol. The van der Waals surface area contributed by atoms with E-state index in [9.17, 15) is 21.6 Å². The summed E-state index contributed by atoms with van der Waals surface area (Å²) in [5.74, 6) is 0. The lowest BCUT2D eigenvalue weighted by Gasteiger charge is -2.09. The van der Waals surface area contributed by atoms with Crippen molar-refractivity contribution in [2.24, 2.45) is 0 Å². The van der Waals surface area contributed by atoms with E-state index in [2.05, 4.69) is 5.32 Å². The van der Waals surface area contributed by atoms with E-state index in [4.69, 9.17) is 0 Å². The number of halogens is 3. The average Bonchev–Trinajstić information content (AvgIpc) is 2.57. The molecule has 1 aliphatic heterocycles. The van der Waals surface area contributed by atoms with E-state index in [0.29, 0.717) is 30.2 Å². The third-order valence-corrected chi connectivity index (χ3v) is 4.45. The van der Waals surface area contributed by atoms with E-state index in [1.807, 2.05) is 0 Å². The van der Waals surface area contributed by atoms with Gasteiger partial charge in [0.15, 0.2) is 0 Å². The SMILES string of the molecule is CNCCC1=CS(=O)(=O)c2cc(C(F)(F)F)ccc21. The monoisotopic (exact) mass is 291 g/mol. The van der Waals surface area contributed by atoms with Gasteiger partial charge in [-0.15, -0.1) is 0 Å². The Balaban J connectivity index is 2.49. The lowest BCUT2D eigenvalue weighted by molar-refractivity contribution is -0.137. The smallest absolute Gasteiger partial charge is 0.319 e. The van der Waals surface area contributed by atoms with Gasteiger partial charge in [-0.2, -0.15) is 13.2 Å². The molecule has 0 saturated heterocycles. The molecule has 1 aromatic rings. The van der Waals surface area contributed by atoms with E-state index in [0.717, 1.165) is 11.5 Å². The van der Waals surface area contributed by atoms with E-state index in [1.54, 1.807) is 7.05 Å². The van der Waals surface area contributed by atoms with Gasteiger partial charge in [-0.1, -0.05) is 6.07 Å². The average molecular weight is 291 g/mol. The van der Waals surface area contributed by atoms with E-state index >= 15 is 0 Å². The maximum atomic E-state index is 12.6. The standard InChI is InChI=1S/C12H12F3NO2S/c1-16-5-4-8-7-19(17,18)11-6-9(12(13,14)15)2-3-10(8)11/h2-3,6-7,16H,4-5H2,1H3. The van der Waals surface area contributed by atoms with Crippen LogP contribution in [0.5, 0.6) is 0 Å². The molecule has 0 spiro atoms. The van der Waals surface area contributed by atoms with Crippen LogP contribution in [-0.2, 0) is 16.0 Å². The molecule has 0 saturated carbocycles. The maximum Gasteiger partial charge on any atom is 0.416 e. The second-order valence-corrected chi connectivity index (χ2v) is 6.02. The molecule has 0 unspecified atom stereocenters. The van der Waals surface area contributed by atoms with Crippen LogP contribution in [-0.4, -0.2) is 22.0 Å². The zero-order chi connectivity index (χ0) is 14.3. The Labute approximate surface area is 109 Å². The molecule has 0 atom stereocenters. The predicted molar refractivity (Wildman–Crippen MR) is 65.2 cm³/mol. The molecule has 0 aliphatic carbocycles. The maximum absolute atomic E-state index is 12.6. The van der Waals surface area contributed by atoms with Crippen LogP contribution in [0.1, 0.15) is 17.5 Å². The van der Waals surface area contributed by atoms with Crippen molar-refractivity contribution < 1.29 is 21.6 Å². The van der Waals surface area contributed by atoms with Crippen LogP contribution in [0.2, 0.25) is 0 Å². The van der Waals surface area contributed by atoms with Crippen LogP contribution in [0, 0.1) is 0 Å². The largest absolute Gasteiger partial charge is 0.416 e. The Hall–Kier alpha value is -1.34. The third kappa shape index (κ3) is 2.66. The first-order valence-corrected chi connectivity index (χ1v) is 7.12. The van der Waals surface area contributed by atoms with Crippen molar-refractivity contribution in [1.82, 2.24) is 5.32 Å². The molecule has 7 heteroatoms. The number of fused-ring (bicyclic) bond motifs is 1. The minimum Gasteiger partial charge on any atom is -0.319 e. The summed E-state index contributed by atoms with van der Waals surface area (Å²) < 4.78 is 61.4. The quantitative estimate of drug-likeness (QED) is 0.930. The van der Waals surface area contributed by atoms with Gasteiger partial charge in [-0.3, -0.25) is 0 Å². The Kier molecular flexibility index (Phi) is 3.44. The van der Waals surface area contributed by atoms with Crippen LogP contribution in [0.3, 0.4) is 0 Å². The first-order chi connectivity index (χ1) is 8.75. The molecule has 0 fully saturated rings. The molecule has 1 N–H and O–H groups in total. The van der Waals surface area contributed by atoms with Gasteiger partial charge >= 0.3 is 6.18 Å². The van der Waals surface area contributed by atoms with E-state index in [-0.39, 0.29) is 4.90 Å². The Morgan fingerprint density at radius 1 is 1.26 bits per heavy atom. The summed E-state index contributed by atoms with van der Waals surface area (Å²) in [4.78, 5) is -0.256. The highest BCUT2D eigenvalue weighted by atomic mass is 32.2. The third-order valence-electron chi connectivity index (χ3n) is 2.90. The topological polar surface area (TPSA) is 46.2 Å². The van der Waals surface area contributed by atoms with Gasteiger partial charge in [0.05, 0.1) is 10.5 Å². The summed E-state index contributed by atoms with van der Waals surface area (Å²) in [5.41, 5.74) is -0.0422. The normalized spacial score (nSPS) is 17.2. The molecule has 19 heavy (non-hydrogen) atoms. The summed E-state index contributed by atoms with van der Waals surface area (Å²) in [5, 5.41) is 3.92. The molecule has 1 aromatic carbocycles. The van der Waals surface area contributed by atoms with Crippen molar-refractivity contribution in [2.45, 2.75) is 17.5 Å². The van der Waals surface area contributed by atoms with Gasteiger partial charge in [0.25, 0.3) is 0 Å². The van der Waals surface area contributed by atoms with Gasteiger partial charge < -0.3 is 5.32 Å². The molecule has 0 aromatic heterocycles. The summed E-state index contributed by atoms with van der Waals surface area (Å²) in [6, 6.07) is 2.84. The van der Waals surface area contributed by atoms with Crippen molar-refractivity contribution in [3.8, 4) is 0 Å². The van der Waals surface area contributed by atoms with Gasteiger partial charge in [-0.05, 0) is 43.3 Å². The zero-order valence-corrected chi connectivity index (χ0v) is 10.9. The van der Waals surface area contributed by atoms with Crippen molar-refractivity contribution in [3.63, 3.8) is 0 Å². The van der Waals surface area contributed by atoms with Gasteiger partial charge in [-0.25, -0.2) is 8.42 Å². The van der Waals surface area contributed by atoms with Crippen molar-refractivity contribution in [3.05, 3.63) is 34.7 Å². The van der Waals surface area contributed by atoms with E-state index < -0.39 is 21.6 Å².